The average molecular weight is 306 g/mol. The van der Waals surface area contributed by atoms with Crippen molar-refractivity contribution in [3.8, 4) is 0 Å². The van der Waals surface area contributed by atoms with Gasteiger partial charge in [0.1, 0.15) is 5.82 Å². The zero-order valence-electron chi connectivity index (χ0n) is 11.9. The van der Waals surface area contributed by atoms with E-state index in [2.05, 4.69) is 0 Å². The van der Waals surface area contributed by atoms with Gasteiger partial charge in [0.15, 0.2) is 5.78 Å². The zero-order valence-corrected chi connectivity index (χ0v) is 12.6. The molecule has 0 atom stereocenters. The molecule has 0 aromatic heterocycles. The van der Waals surface area contributed by atoms with Gasteiger partial charge in [-0.05, 0) is 55.5 Å². The highest BCUT2D eigenvalue weighted by Crippen LogP contribution is 2.16. The molecule has 21 heavy (non-hydrogen) atoms. The van der Waals surface area contributed by atoms with Gasteiger partial charge in [-0.1, -0.05) is 11.6 Å². The van der Waals surface area contributed by atoms with Gasteiger partial charge in [-0.3, -0.25) is 4.79 Å². The molecular formula is C17H17ClFNO. The zero-order chi connectivity index (χ0) is 15.2. The van der Waals surface area contributed by atoms with Crippen LogP contribution in [0.2, 0.25) is 5.02 Å². The Morgan fingerprint density at radius 3 is 2.29 bits per heavy atom. The van der Waals surface area contributed by atoms with E-state index in [1.54, 1.807) is 36.4 Å². The van der Waals surface area contributed by atoms with E-state index in [0.717, 1.165) is 12.2 Å². The maximum atomic E-state index is 12.9. The molecule has 2 aromatic rings. The van der Waals surface area contributed by atoms with Gasteiger partial charge in [-0.15, -0.1) is 0 Å². The van der Waals surface area contributed by atoms with Crippen LogP contribution in [-0.4, -0.2) is 18.9 Å². The number of anilines is 1. The van der Waals surface area contributed by atoms with Crippen molar-refractivity contribution < 1.29 is 9.18 Å². The third-order valence-corrected chi connectivity index (χ3v) is 3.60. The van der Waals surface area contributed by atoms with Crippen molar-refractivity contribution in [3.63, 3.8) is 0 Å². The average Bonchev–Trinajstić information content (AvgIpc) is 2.50. The second kappa shape index (κ2) is 7.23. The number of halogens is 2. The highest BCUT2D eigenvalue weighted by Gasteiger charge is 2.10. The van der Waals surface area contributed by atoms with Crippen molar-refractivity contribution >= 4 is 23.1 Å². The Kier molecular flexibility index (Phi) is 5.34. The van der Waals surface area contributed by atoms with E-state index in [1.807, 2.05) is 11.8 Å². The Morgan fingerprint density at radius 2 is 1.71 bits per heavy atom. The predicted octanol–water partition coefficient (Wildman–Crippen LogP) is 4.58. The summed E-state index contributed by atoms with van der Waals surface area (Å²) in [4.78, 5) is 14.2. The summed E-state index contributed by atoms with van der Waals surface area (Å²) in [5.74, 6) is -0.181. The van der Waals surface area contributed by atoms with Crippen molar-refractivity contribution in [2.45, 2.75) is 13.3 Å². The SMILES string of the molecule is CCN(CCC(=O)c1ccc(Cl)cc1)c1ccc(F)cc1. The molecule has 0 saturated heterocycles. The number of rotatable bonds is 6. The Hall–Kier alpha value is -1.87. The van der Waals surface area contributed by atoms with Crippen molar-refractivity contribution in [1.82, 2.24) is 0 Å². The lowest BCUT2D eigenvalue weighted by Crippen LogP contribution is -2.25. The molecule has 2 nitrogen and oxygen atoms in total. The molecule has 0 unspecified atom stereocenters. The summed E-state index contributed by atoms with van der Waals surface area (Å²) in [7, 11) is 0. The van der Waals surface area contributed by atoms with Crippen molar-refractivity contribution in [2.24, 2.45) is 0 Å². The summed E-state index contributed by atoms with van der Waals surface area (Å²) in [5.41, 5.74) is 1.58. The summed E-state index contributed by atoms with van der Waals surface area (Å²) in [6.45, 7) is 3.37. The van der Waals surface area contributed by atoms with Crippen LogP contribution >= 0.6 is 11.6 Å². The monoisotopic (exact) mass is 305 g/mol. The lowest BCUT2D eigenvalue weighted by atomic mass is 10.1. The van der Waals surface area contributed by atoms with E-state index in [9.17, 15) is 9.18 Å². The molecule has 2 aromatic carbocycles. The second-order valence-corrected chi connectivity index (χ2v) is 5.17. The number of carbonyl (C=O) groups excluding carboxylic acids is 1. The van der Waals surface area contributed by atoms with Crippen molar-refractivity contribution in [2.75, 3.05) is 18.0 Å². The number of benzene rings is 2. The maximum absolute atomic E-state index is 12.9. The van der Waals surface area contributed by atoms with E-state index in [-0.39, 0.29) is 11.6 Å². The Balaban J connectivity index is 1.98. The van der Waals surface area contributed by atoms with Crippen LogP contribution in [0.1, 0.15) is 23.7 Å². The summed E-state index contributed by atoms with van der Waals surface area (Å²) in [6, 6.07) is 13.2. The third kappa shape index (κ3) is 4.30. The first-order valence-corrected chi connectivity index (χ1v) is 7.27. The van der Waals surface area contributed by atoms with Gasteiger partial charge >= 0.3 is 0 Å². The number of Topliss-reactive ketones (excluding diaryl/α,β-unsaturated/α-hetero) is 1. The first-order valence-electron chi connectivity index (χ1n) is 6.89. The maximum Gasteiger partial charge on any atom is 0.164 e. The molecule has 4 heteroatoms. The molecule has 0 N–H and O–H groups in total. The molecular weight excluding hydrogens is 289 g/mol. The molecule has 110 valence electrons. The summed E-state index contributed by atoms with van der Waals surface area (Å²) < 4.78 is 12.9. The highest BCUT2D eigenvalue weighted by molar-refractivity contribution is 6.30. The van der Waals surface area contributed by atoms with Gasteiger partial charge < -0.3 is 4.90 Å². The molecule has 0 aliphatic carbocycles. The fourth-order valence-corrected chi connectivity index (χ4v) is 2.26. The molecule has 0 spiro atoms. The van der Waals surface area contributed by atoms with Gasteiger partial charge in [-0.2, -0.15) is 0 Å². The molecule has 2 rings (SSSR count). The summed E-state index contributed by atoms with van der Waals surface area (Å²) in [5, 5.41) is 0.619. The Morgan fingerprint density at radius 1 is 1.10 bits per heavy atom. The van der Waals surface area contributed by atoms with Crippen LogP contribution in [0.3, 0.4) is 0 Å². The minimum Gasteiger partial charge on any atom is -0.371 e. The number of nitrogens with zero attached hydrogens (tertiary/aromatic N) is 1. The van der Waals surface area contributed by atoms with Gasteiger partial charge in [0.05, 0.1) is 0 Å². The fourth-order valence-electron chi connectivity index (χ4n) is 2.14. The largest absolute Gasteiger partial charge is 0.371 e. The molecule has 0 saturated carbocycles. The topological polar surface area (TPSA) is 20.3 Å². The first-order chi connectivity index (χ1) is 10.1. The number of ketones is 1. The highest BCUT2D eigenvalue weighted by atomic mass is 35.5. The molecule has 0 bridgehead atoms. The van der Waals surface area contributed by atoms with Gasteiger partial charge in [-0.25, -0.2) is 4.39 Å². The number of hydrogen-bond donors (Lipinski definition) is 0. The van der Waals surface area contributed by atoms with Gasteiger partial charge in [0.2, 0.25) is 0 Å². The molecule has 0 heterocycles. The van der Waals surface area contributed by atoms with Crippen LogP contribution in [0.4, 0.5) is 10.1 Å². The Labute approximate surface area is 129 Å². The van der Waals surface area contributed by atoms with E-state index in [0.29, 0.717) is 23.6 Å². The number of carbonyl (C=O) groups is 1. The molecule has 0 radical (unpaired) electrons. The van der Waals surface area contributed by atoms with Crippen LogP contribution in [0, 0.1) is 5.82 Å². The van der Waals surface area contributed by atoms with Crippen molar-refractivity contribution in [3.05, 3.63) is 64.9 Å². The van der Waals surface area contributed by atoms with E-state index < -0.39 is 0 Å². The quantitative estimate of drug-likeness (QED) is 0.728. The minimum absolute atomic E-state index is 0.0761. The standard InChI is InChI=1S/C17H17ClFNO/c1-2-20(16-9-7-15(19)8-10-16)12-11-17(21)13-3-5-14(18)6-4-13/h3-10H,2,11-12H2,1H3. The first kappa shape index (κ1) is 15.5. The normalized spacial score (nSPS) is 10.4. The molecule has 0 aliphatic rings. The van der Waals surface area contributed by atoms with Crippen LogP contribution < -0.4 is 4.90 Å². The smallest absolute Gasteiger partial charge is 0.164 e. The fraction of sp³-hybridized carbons (Fsp3) is 0.235. The summed E-state index contributed by atoms with van der Waals surface area (Å²) >= 11 is 5.81. The van der Waals surface area contributed by atoms with Crippen molar-refractivity contribution in [1.29, 1.82) is 0 Å². The van der Waals surface area contributed by atoms with Gasteiger partial charge in [0, 0.05) is 35.8 Å². The van der Waals surface area contributed by atoms with Crippen LogP contribution in [0.15, 0.2) is 48.5 Å². The second-order valence-electron chi connectivity index (χ2n) is 4.74. The summed E-state index contributed by atoms with van der Waals surface area (Å²) in [6.07, 6.45) is 0.410. The molecule has 0 amide bonds. The van der Waals surface area contributed by atoms with E-state index >= 15 is 0 Å². The van der Waals surface area contributed by atoms with E-state index in [1.165, 1.54) is 12.1 Å². The molecule has 0 fully saturated rings. The van der Waals surface area contributed by atoms with E-state index in [4.69, 9.17) is 11.6 Å². The minimum atomic E-state index is -0.257. The lowest BCUT2D eigenvalue weighted by molar-refractivity contribution is 0.0984. The molecule has 0 aliphatic heterocycles. The van der Waals surface area contributed by atoms with Crippen LogP contribution in [0.25, 0.3) is 0 Å². The lowest BCUT2D eigenvalue weighted by Gasteiger charge is -2.22. The predicted molar refractivity (Wildman–Crippen MR) is 84.7 cm³/mol. The third-order valence-electron chi connectivity index (χ3n) is 3.35. The van der Waals surface area contributed by atoms with Crippen LogP contribution in [-0.2, 0) is 0 Å². The Bertz CT molecular complexity index is 595. The van der Waals surface area contributed by atoms with Crippen LogP contribution in [0.5, 0.6) is 0 Å². The number of hydrogen-bond acceptors (Lipinski definition) is 2. The van der Waals surface area contributed by atoms with Gasteiger partial charge in [0.25, 0.3) is 0 Å².